The summed E-state index contributed by atoms with van der Waals surface area (Å²) in [5, 5.41) is 0. The van der Waals surface area contributed by atoms with Crippen molar-refractivity contribution < 1.29 is 31.1 Å². The van der Waals surface area contributed by atoms with Gasteiger partial charge in [-0.05, 0) is 12.1 Å². The molecule has 1 saturated heterocycles. The van der Waals surface area contributed by atoms with Crippen molar-refractivity contribution in [2.24, 2.45) is 0 Å². The molecule has 1 aromatic rings. The minimum Gasteiger partial charge on any atom is -0.280 e. The summed E-state index contributed by atoms with van der Waals surface area (Å²) in [4.78, 5) is 7.14. The summed E-state index contributed by atoms with van der Waals surface area (Å²) in [6.07, 6.45) is -11.3. The highest BCUT2D eigenvalue weighted by Crippen LogP contribution is 2.58. The SMILES string of the molecule is O=C1CSC(C(F)(F)F)(C(F)(F)F)N1c1ccccc1. The lowest BCUT2D eigenvalue weighted by atomic mass is 10.1. The number of hydrogen-bond donors (Lipinski definition) is 0. The van der Waals surface area contributed by atoms with Crippen molar-refractivity contribution in [3.05, 3.63) is 30.3 Å². The maximum Gasteiger partial charge on any atom is 0.430 e. The van der Waals surface area contributed by atoms with E-state index in [0.29, 0.717) is 0 Å². The summed E-state index contributed by atoms with van der Waals surface area (Å²) in [5.74, 6) is -2.11. The topological polar surface area (TPSA) is 20.3 Å². The Balaban J connectivity index is 2.65. The number of carbonyl (C=O) groups is 1. The zero-order valence-electron chi connectivity index (χ0n) is 9.63. The molecule has 110 valence electrons. The molecule has 2 nitrogen and oxygen atoms in total. The Hall–Kier alpha value is -1.38. The molecule has 0 N–H and O–H groups in total. The van der Waals surface area contributed by atoms with E-state index < -0.39 is 46.3 Å². The number of amides is 1. The number of para-hydroxylation sites is 1. The molecule has 20 heavy (non-hydrogen) atoms. The first-order chi connectivity index (χ1) is 9.11. The predicted molar refractivity (Wildman–Crippen MR) is 61.2 cm³/mol. The maximum atomic E-state index is 13.1. The van der Waals surface area contributed by atoms with Gasteiger partial charge in [0.15, 0.2) is 0 Å². The highest BCUT2D eigenvalue weighted by molar-refractivity contribution is 8.02. The lowest BCUT2D eigenvalue weighted by molar-refractivity contribution is -0.262. The minimum absolute atomic E-state index is 0.211. The smallest absolute Gasteiger partial charge is 0.280 e. The van der Waals surface area contributed by atoms with Crippen molar-refractivity contribution in [2.45, 2.75) is 17.2 Å². The van der Waals surface area contributed by atoms with Crippen molar-refractivity contribution in [2.75, 3.05) is 10.7 Å². The fraction of sp³-hybridized carbons (Fsp3) is 0.364. The molecule has 1 heterocycles. The third-order valence-corrected chi connectivity index (χ3v) is 4.21. The van der Waals surface area contributed by atoms with E-state index >= 15 is 0 Å². The van der Waals surface area contributed by atoms with Gasteiger partial charge in [-0.25, -0.2) is 0 Å². The van der Waals surface area contributed by atoms with Gasteiger partial charge < -0.3 is 0 Å². The van der Waals surface area contributed by atoms with Crippen LogP contribution in [0.3, 0.4) is 0 Å². The van der Waals surface area contributed by atoms with Crippen molar-refractivity contribution >= 4 is 23.4 Å². The van der Waals surface area contributed by atoms with Crippen molar-refractivity contribution in [3.8, 4) is 0 Å². The number of thioether (sulfide) groups is 1. The fourth-order valence-corrected chi connectivity index (χ4v) is 3.08. The molecule has 0 radical (unpaired) electrons. The zero-order chi connectivity index (χ0) is 15.2. The molecule has 9 heteroatoms. The molecular formula is C11H7F6NOS. The van der Waals surface area contributed by atoms with E-state index in [-0.39, 0.29) is 4.90 Å². The number of halogens is 6. The number of nitrogens with zero attached hydrogens (tertiary/aromatic N) is 1. The molecule has 0 saturated carbocycles. The van der Waals surface area contributed by atoms with Crippen molar-refractivity contribution in [3.63, 3.8) is 0 Å². The van der Waals surface area contributed by atoms with Crippen LogP contribution in [0.5, 0.6) is 0 Å². The molecule has 2 rings (SSSR count). The van der Waals surface area contributed by atoms with E-state index in [9.17, 15) is 31.1 Å². The molecule has 0 atom stereocenters. The molecule has 0 spiro atoms. The minimum atomic E-state index is -5.64. The van der Waals surface area contributed by atoms with Crippen LogP contribution in [0.1, 0.15) is 0 Å². The average Bonchev–Trinajstić information content (AvgIpc) is 2.68. The van der Waals surface area contributed by atoms with Crippen LogP contribution in [-0.2, 0) is 4.79 Å². The third kappa shape index (κ3) is 2.04. The highest BCUT2D eigenvalue weighted by atomic mass is 32.2. The molecule has 0 bridgehead atoms. The molecule has 1 fully saturated rings. The second-order valence-corrected chi connectivity index (χ2v) is 5.16. The number of anilines is 1. The normalized spacial score (nSPS) is 19.5. The monoisotopic (exact) mass is 315 g/mol. The lowest BCUT2D eigenvalue weighted by Crippen LogP contribution is -2.64. The van der Waals surface area contributed by atoms with E-state index in [2.05, 4.69) is 0 Å². The van der Waals surface area contributed by atoms with Crippen LogP contribution in [0.2, 0.25) is 0 Å². The van der Waals surface area contributed by atoms with Gasteiger partial charge in [-0.2, -0.15) is 26.3 Å². The van der Waals surface area contributed by atoms with Gasteiger partial charge in [0.2, 0.25) is 5.91 Å². The average molecular weight is 315 g/mol. The molecule has 1 aliphatic heterocycles. The van der Waals surface area contributed by atoms with E-state index in [1.807, 2.05) is 0 Å². The maximum absolute atomic E-state index is 13.1. The van der Waals surface area contributed by atoms with Crippen LogP contribution in [0.15, 0.2) is 30.3 Å². The number of alkyl halides is 6. The summed E-state index contributed by atoms with van der Waals surface area (Å²) in [7, 11) is 0. The van der Waals surface area contributed by atoms with E-state index in [4.69, 9.17) is 0 Å². The van der Waals surface area contributed by atoms with E-state index in [0.717, 1.165) is 12.1 Å². The van der Waals surface area contributed by atoms with Gasteiger partial charge in [0.1, 0.15) is 0 Å². The van der Waals surface area contributed by atoms with Gasteiger partial charge in [0.05, 0.1) is 5.75 Å². The van der Waals surface area contributed by atoms with Crippen molar-refractivity contribution in [1.82, 2.24) is 0 Å². The summed E-state index contributed by atoms with van der Waals surface area (Å²) in [6, 6.07) is 6.04. The molecule has 0 unspecified atom stereocenters. The first-order valence-electron chi connectivity index (χ1n) is 5.27. The molecule has 0 aliphatic carbocycles. The quantitative estimate of drug-likeness (QED) is 0.738. The second kappa shape index (κ2) is 4.57. The van der Waals surface area contributed by atoms with Crippen LogP contribution < -0.4 is 4.90 Å². The predicted octanol–water partition coefficient (Wildman–Crippen LogP) is 3.59. The van der Waals surface area contributed by atoms with Gasteiger partial charge in [0.25, 0.3) is 4.87 Å². The van der Waals surface area contributed by atoms with Gasteiger partial charge in [-0.3, -0.25) is 9.69 Å². The van der Waals surface area contributed by atoms with Gasteiger partial charge in [-0.15, -0.1) is 11.8 Å². The summed E-state index contributed by atoms with van der Waals surface area (Å²) < 4.78 is 78.5. The summed E-state index contributed by atoms with van der Waals surface area (Å²) in [6.45, 7) is 0. The van der Waals surface area contributed by atoms with Crippen molar-refractivity contribution in [1.29, 1.82) is 0 Å². The van der Waals surface area contributed by atoms with Gasteiger partial charge in [0, 0.05) is 5.69 Å². The van der Waals surface area contributed by atoms with Crippen LogP contribution in [0.25, 0.3) is 0 Å². The zero-order valence-corrected chi connectivity index (χ0v) is 10.4. The molecule has 1 aromatic carbocycles. The Labute approximate surface area is 113 Å². The number of carbonyl (C=O) groups excluding carboxylic acids is 1. The third-order valence-electron chi connectivity index (χ3n) is 2.75. The Morgan fingerprint density at radius 2 is 1.50 bits per heavy atom. The van der Waals surface area contributed by atoms with Crippen LogP contribution in [-0.4, -0.2) is 28.9 Å². The summed E-state index contributed by atoms with van der Waals surface area (Å²) in [5.41, 5.74) is -0.433. The highest BCUT2D eigenvalue weighted by Gasteiger charge is 2.78. The van der Waals surface area contributed by atoms with E-state index in [1.165, 1.54) is 18.2 Å². The first kappa shape index (κ1) is 15.0. The van der Waals surface area contributed by atoms with Crippen LogP contribution in [0.4, 0.5) is 32.0 Å². The first-order valence-corrected chi connectivity index (χ1v) is 6.25. The van der Waals surface area contributed by atoms with Gasteiger partial charge in [-0.1, -0.05) is 18.2 Å². The molecule has 1 aliphatic rings. The molecule has 1 amide bonds. The van der Waals surface area contributed by atoms with Crippen LogP contribution >= 0.6 is 11.8 Å². The number of benzene rings is 1. The fourth-order valence-electron chi connectivity index (χ4n) is 1.95. The number of rotatable bonds is 1. The second-order valence-electron chi connectivity index (χ2n) is 3.99. The Morgan fingerprint density at radius 3 is 1.95 bits per heavy atom. The van der Waals surface area contributed by atoms with E-state index in [1.54, 1.807) is 0 Å². The molecular weight excluding hydrogens is 308 g/mol. The Morgan fingerprint density at radius 1 is 1.00 bits per heavy atom. The Bertz CT molecular complexity index is 498. The largest absolute Gasteiger partial charge is 0.430 e. The molecule has 0 aromatic heterocycles. The number of hydrogen-bond acceptors (Lipinski definition) is 2. The standard InChI is InChI=1S/C11H7F6NOS/c12-10(13,14)9(11(15,16)17)18(8(19)6-20-9)7-4-2-1-3-5-7/h1-5H,6H2. The Kier molecular flexibility index (Phi) is 3.43. The summed E-state index contributed by atoms with van der Waals surface area (Å²) >= 11 is -0.459. The lowest BCUT2D eigenvalue weighted by Gasteiger charge is -2.39. The van der Waals surface area contributed by atoms with Gasteiger partial charge >= 0.3 is 12.4 Å². The van der Waals surface area contributed by atoms with Crippen LogP contribution in [0, 0.1) is 0 Å².